The van der Waals surface area contributed by atoms with Crippen LogP contribution in [0.1, 0.15) is 221 Å². The number of hydrogen-bond donors (Lipinski definition) is 0. The molecule has 0 saturated carbocycles. The fourth-order valence-electron chi connectivity index (χ4n) is 6.01. The van der Waals surface area contributed by atoms with E-state index < -0.39 is 6.10 Å². The van der Waals surface area contributed by atoms with Crippen molar-refractivity contribution in [3.8, 4) is 0 Å². The topological polar surface area (TPSA) is 78.9 Å². The summed E-state index contributed by atoms with van der Waals surface area (Å²) in [6, 6.07) is 0. The lowest BCUT2D eigenvalue weighted by Gasteiger charge is -2.18. The van der Waals surface area contributed by atoms with E-state index in [1.807, 2.05) is 0 Å². The van der Waals surface area contributed by atoms with Gasteiger partial charge in [-0.15, -0.1) is 0 Å². The van der Waals surface area contributed by atoms with Crippen LogP contribution in [-0.2, 0) is 28.6 Å². The van der Waals surface area contributed by atoms with Crippen LogP contribution in [0.15, 0.2) is 0 Å². The Balaban J connectivity index is 4.36. The average Bonchev–Trinajstić information content (AvgIpc) is 3.06. The van der Waals surface area contributed by atoms with Crippen molar-refractivity contribution in [1.29, 1.82) is 0 Å². The van der Waals surface area contributed by atoms with Gasteiger partial charge in [-0.1, -0.05) is 182 Å². The molecule has 0 amide bonds. The molecule has 0 aliphatic heterocycles. The number of carbonyl (C=O) groups excluding carboxylic acids is 3. The lowest BCUT2D eigenvalue weighted by atomic mass is 10.00. The van der Waals surface area contributed by atoms with E-state index in [1.165, 1.54) is 109 Å². The zero-order valence-electron chi connectivity index (χ0n) is 32.6. The highest BCUT2D eigenvalue weighted by atomic mass is 16.6. The van der Waals surface area contributed by atoms with E-state index in [-0.39, 0.29) is 31.1 Å². The predicted molar refractivity (Wildman–Crippen MR) is 201 cm³/mol. The molecule has 0 radical (unpaired) electrons. The summed E-state index contributed by atoms with van der Waals surface area (Å²) in [7, 11) is 0. The van der Waals surface area contributed by atoms with Gasteiger partial charge in [0.1, 0.15) is 13.2 Å². The second-order valence-electron chi connectivity index (χ2n) is 15.0. The molecule has 0 aliphatic carbocycles. The fourth-order valence-corrected chi connectivity index (χ4v) is 6.01. The van der Waals surface area contributed by atoms with Crippen molar-refractivity contribution in [1.82, 2.24) is 0 Å². The van der Waals surface area contributed by atoms with Crippen molar-refractivity contribution in [2.24, 2.45) is 11.8 Å². The largest absolute Gasteiger partial charge is 0.462 e. The van der Waals surface area contributed by atoms with Crippen LogP contribution >= 0.6 is 0 Å². The third kappa shape index (κ3) is 34.3. The standard InChI is InChI=1S/C42H80O6/c1-6-8-9-10-11-12-16-22-27-32-40(43)46-35-39(48-42(45)34-29-24-19-18-21-26-31-38(5)7-2)36-47-41(44)33-28-23-17-14-13-15-20-25-30-37(3)4/h37-39H,6-36H2,1-5H3/t38?,39-/m1/s1. The number of rotatable bonds is 36. The zero-order chi connectivity index (χ0) is 35.5. The van der Waals surface area contributed by atoms with Crippen molar-refractivity contribution in [2.75, 3.05) is 13.2 Å². The van der Waals surface area contributed by atoms with Gasteiger partial charge in [0.2, 0.25) is 0 Å². The smallest absolute Gasteiger partial charge is 0.306 e. The summed E-state index contributed by atoms with van der Waals surface area (Å²) < 4.78 is 16.6. The average molecular weight is 681 g/mol. The molecule has 0 fully saturated rings. The first-order valence-corrected chi connectivity index (χ1v) is 20.8. The van der Waals surface area contributed by atoms with Crippen LogP contribution in [0, 0.1) is 11.8 Å². The molecular formula is C42H80O6. The SMILES string of the molecule is CCCCCCCCCCCC(=O)OC[C@H](COC(=O)CCCCCCCCCCC(C)C)OC(=O)CCCCCCCCC(C)CC. The van der Waals surface area contributed by atoms with Gasteiger partial charge in [-0.3, -0.25) is 14.4 Å². The highest BCUT2D eigenvalue weighted by Gasteiger charge is 2.19. The van der Waals surface area contributed by atoms with Gasteiger partial charge >= 0.3 is 17.9 Å². The quantitative estimate of drug-likeness (QED) is 0.0372. The molecule has 0 bridgehead atoms. The summed E-state index contributed by atoms with van der Waals surface area (Å²) in [5.41, 5.74) is 0. The van der Waals surface area contributed by atoms with Gasteiger partial charge in [0.05, 0.1) is 0 Å². The van der Waals surface area contributed by atoms with Crippen molar-refractivity contribution < 1.29 is 28.6 Å². The molecule has 1 unspecified atom stereocenters. The third-order valence-corrected chi connectivity index (χ3v) is 9.58. The third-order valence-electron chi connectivity index (χ3n) is 9.58. The Labute approximate surface area is 298 Å². The summed E-state index contributed by atoms with van der Waals surface area (Å²) in [4.78, 5) is 37.5. The number of hydrogen-bond acceptors (Lipinski definition) is 6. The Bertz CT molecular complexity index is 736. The summed E-state index contributed by atoms with van der Waals surface area (Å²) in [5, 5.41) is 0. The Morgan fingerprint density at radius 3 is 1.19 bits per heavy atom. The van der Waals surface area contributed by atoms with Crippen molar-refractivity contribution in [3.63, 3.8) is 0 Å². The minimum atomic E-state index is -0.759. The molecule has 6 nitrogen and oxygen atoms in total. The molecule has 0 aliphatic rings. The summed E-state index contributed by atoms with van der Waals surface area (Å²) in [5.74, 6) is 0.736. The van der Waals surface area contributed by atoms with E-state index in [1.54, 1.807) is 0 Å². The predicted octanol–water partition coefficient (Wildman–Crippen LogP) is 12.6. The van der Waals surface area contributed by atoms with Crippen LogP contribution in [-0.4, -0.2) is 37.2 Å². The lowest BCUT2D eigenvalue weighted by Crippen LogP contribution is -2.30. The Morgan fingerprint density at radius 1 is 0.438 bits per heavy atom. The molecular weight excluding hydrogens is 600 g/mol. The summed E-state index contributed by atoms with van der Waals surface area (Å²) in [6.45, 7) is 11.2. The van der Waals surface area contributed by atoms with Gasteiger partial charge in [0, 0.05) is 19.3 Å². The van der Waals surface area contributed by atoms with Gasteiger partial charge in [-0.05, 0) is 31.1 Å². The Kier molecular flexibility index (Phi) is 34.1. The maximum atomic E-state index is 12.6. The van der Waals surface area contributed by atoms with E-state index in [0.717, 1.165) is 69.6 Å². The van der Waals surface area contributed by atoms with E-state index >= 15 is 0 Å². The van der Waals surface area contributed by atoms with Crippen LogP contribution in [0.4, 0.5) is 0 Å². The van der Waals surface area contributed by atoms with Crippen LogP contribution in [0.2, 0.25) is 0 Å². The van der Waals surface area contributed by atoms with Gasteiger partial charge in [0.25, 0.3) is 0 Å². The number of carbonyl (C=O) groups is 3. The van der Waals surface area contributed by atoms with E-state index in [9.17, 15) is 14.4 Å². The first-order chi connectivity index (χ1) is 23.3. The molecule has 0 aromatic rings. The number of ether oxygens (including phenoxy) is 3. The highest BCUT2D eigenvalue weighted by molar-refractivity contribution is 5.71. The minimum Gasteiger partial charge on any atom is -0.462 e. The monoisotopic (exact) mass is 681 g/mol. The maximum absolute atomic E-state index is 12.6. The molecule has 284 valence electrons. The summed E-state index contributed by atoms with van der Waals surface area (Å²) in [6.07, 6.45) is 30.9. The molecule has 0 N–H and O–H groups in total. The molecule has 0 aromatic heterocycles. The molecule has 2 atom stereocenters. The molecule has 0 aromatic carbocycles. The van der Waals surface area contributed by atoms with Gasteiger partial charge in [0.15, 0.2) is 6.10 Å². The van der Waals surface area contributed by atoms with E-state index in [0.29, 0.717) is 19.3 Å². The van der Waals surface area contributed by atoms with E-state index in [4.69, 9.17) is 14.2 Å². The molecule has 0 saturated heterocycles. The van der Waals surface area contributed by atoms with Crippen molar-refractivity contribution in [3.05, 3.63) is 0 Å². The van der Waals surface area contributed by atoms with Crippen molar-refractivity contribution in [2.45, 2.75) is 227 Å². The second-order valence-corrected chi connectivity index (χ2v) is 15.0. The normalized spacial score (nSPS) is 12.6. The van der Waals surface area contributed by atoms with Crippen molar-refractivity contribution >= 4 is 17.9 Å². The molecule has 0 spiro atoms. The van der Waals surface area contributed by atoms with Crippen LogP contribution in [0.25, 0.3) is 0 Å². The number of esters is 3. The van der Waals surface area contributed by atoms with Crippen LogP contribution < -0.4 is 0 Å². The summed E-state index contributed by atoms with van der Waals surface area (Å²) >= 11 is 0. The molecule has 0 heterocycles. The van der Waals surface area contributed by atoms with Crippen LogP contribution in [0.3, 0.4) is 0 Å². The van der Waals surface area contributed by atoms with E-state index in [2.05, 4.69) is 34.6 Å². The first kappa shape index (κ1) is 46.4. The van der Waals surface area contributed by atoms with Gasteiger partial charge in [-0.25, -0.2) is 0 Å². The van der Waals surface area contributed by atoms with Crippen LogP contribution in [0.5, 0.6) is 0 Å². The van der Waals surface area contributed by atoms with Gasteiger partial charge < -0.3 is 14.2 Å². The Morgan fingerprint density at radius 2 is 0.792 bits per heavy atom. The van der Waals surface area contributed by atoms with Gasteiger partial charge in [-0.2, -0.15) is 0 Å². The molecule has 6 heteroatoms. The first-order valence-electron chi connectivity index (χ1n) is 20.8. The zero-order valence-corrected chi connectivity index (χ0v) is 32.6. The molecule has 0 rings (SSSR count). The molecule has 48 heavy (non-hydrogen) atoms. The lowest BCUT2D eigenvalue weighted by molar-refractivity contribution is -0.167. The maximum Gasteiger partial charge on any atom is 0.306 e. The fraction of sp³-hybridized carbons (Fsp3) is 0.929. The highest BCUT2D eigenvalue weighted by Crippen LogP contribution is 2.16. The number of unbranched alkanes of at least 4 members (excludes halogenated alkanes) is 20. The second kappa shape index (κ2) is 35.2. The Hall–Kier alpha value is -1.59. The minimum absolute atomic E-state index is 0.0668.